The fourth-order valence-corrected chi connectivity index (χ4v) is 3.30. The molecular formula is C17H15ClN4O. The van der Waals surface area contributed by atoms with Crippen molar-refractivity contribution in [3.8, 4) is 0 Å². The van der Waals surface area contributed by atoms with Crippen molar-refractivity contribution in [2.75, 3.05) is 6.54 Å². The van der Waals surface area contributed by atoms with Crippen molar-refractivity contribution in [2.45, 2.75) is 19.4 Å². The van der Waals surface area contributed by atoms with Crippen molar-refractivity contribution < 1.29 is 4.79 Å². The van der Waals surface area contributed by atoms with Gasteiger partial charge in [0.1, 0.15) is 0 Å². The van der Waals surface area contributed by atoms with Crippen LogP contribution >= 0.6 is 11.6 Å². The summed E-state index contributed by atoms with van der Waals surface area (Å²) in [5.41, 5.74) is 3.53. The minimum atomic E-state index is -0.0753. The molecule has 6 heteroatoms. The largest absolute Gasteiger partial charge is 0.330 e. The SMILES string of the molecule is C[C@@H]1c2ccccc2CCN1C(=O)c1cc2ncc(Cl)cn2n1. The Hall–Kier alpha value is -2.40. The van der Waals surface area contributed by atoms with Gasteiger partial charge in [-0.2, -0.15) is 5.10 Å². The molecule has 116 valence electrons. The zero-order valence-electron chi connectivity index (χ0n) is 12.6. The summed E-state index contributed by atoms with van der Waals surface area (Å²) < 4.78 is 1.54. The van der Waals surface area contributed by atoms with E-state index >= 15 is 0 Å². The van der Waals surface area contributed by atoms with Crippen LogP contribution in [0.5, 0.6) is 0 Å². The summed E-state index contributed by atoms with van der Waals surface area (Å²) in [5.74, 6) is -0.0753. The maximum Gasteiger partial charge on any atom is 0.274 e. The molecule has 0 unspecified atom stereocenters. The maximum absolute atomic E-state index is 12.9. The van der Waals surface area contributed by atoms with E-state index in [1.165, 1.54) is 15.6 Å². The first-order chi connectivity index (χ1) is 11.1. The van der Waals surface area contributed by atoms with E-state index in [2.05, 4.69) is 29.1 Å². The van der Waals surface area contributed by atoms with E-state index in [0.29, 0.717) is 22.9 Å². The van der Waals surface area contributed by atoms with Gasteiger partial charge in [-0.3, -0.25) is 4.79 Å². The first-order valence-corrected chi connectivity index (χ1v) is 7.91. The van der Waals surface area contributed by atoms with Crippen LogP contribution in [-0.2, 0) is 6.42 Å². The second-order valence-electron chi connectivity index (χ2n) is 5.73. The Morgan fingerprint density at radius 2 is 2.17 bits per heavy atom. The number of fused-ring (bicyclic) bond motifs is 2. The molecule has 0 radical (unpaired) electrons. The predicted molar refractivity (Wildman–Crippen MR) is 87.6 cm³/mol. The molecule has 2 aromatic heterocycles. The number of hydrogen-bond donors (Lipinski definition) is 0. The molecule has 1 amide bonds. The van der Waals surface area contributed by atoms with Crippen molar-refractivity contribution in [1.29, 1.82) is 0 Å². The molecule has 1 aliphatic rings. The molecule has 3 aromatic rings. The molecule has 0 bridgehead atoms. The van der Waals surface area contributed by atoms with Gasteiger partial charge in [0.15, 0.2) is 11.3 Å². The van der Waals surface area contributed by atoms with E-state index in [9.17, 15) is 4.79 Å². The van der Waals surface area contributed by atoms with Gasteiger partial charge < -0.3 is 4.90 Å². The zero-order valence-corrected chi connectivity index (χ0v) is 13.4. The molecule has 0 N–H and O–H groups in total. The third kappa shape index (κ3) is 2.37. The topological polar surface area (TPSA) is 50.5 Å². The van der Waals surface area contributed by atoms with Gasteiger partial charge in [0.05, 0.1) is 17.3 Å². The van der Waals surface area contributed by atoms with Gasteiger partial charge in [0, 0.05) is 18.8 Å². The van der Waals surface area contributed by atoms with E-state index in [4.69, 9.17) is 11.6 Å². The Bertz CT molecular complexity index is 904. The summed E-state index contributed by atoms with van der Waals surface area (Å²) in [6.07, 6.45) is 4.06. The van der Waals surface area contributed by atoms with Crippen LogP contribution in [0.4, 0.5) is 0 Å². The minimum Gasteiger partial charge on any atom is -0.330 e. The van der Waals surface area contributed by atoms with Crippen LogP contribution < -0.4 is 0 Å². The number of carbonyl (C=O) groups excluding carboxylic acids is 1. The summed E-state index contributed by atoms with van der Waals surface area (Å²) in [6.45, 7) is 2.75. The Balaban J connectivity index is 1.68. The molecule has 0 saturated heterocycles. The number of hydrogen-bond acceptors (Lipinski definition) is 3. The number of amides is 1. The van der Waals surface area contributed by atoms with Crippen molar-refractivity contribution in [2.24, 2.45) is 0 Å². The normalized spacial score (nSPS) is 17.3. The van der Waals surface area contributed by atoms with Gasteiger partial charge in [-0.25, -0.2) is 9.50 Å². The van der Waals surface area contributed by atoms with E-state index in [-0.39, 0.29) is 11.9 Å². The summed E-state index contributed by atoms with van der Waals surface area (Å²) >= 11 is 5.92. The van der Waals surface area contributed by atoms with Crippen LogP contribution in [0.1, 0.15) is 34.6 Å². The van der Waals surface area contributed by atoms with Crippen LogP contribution in [0.15, 0.2) is 42.7 Å². The molecule has 0 aliphatic carbocycles. The van der Waals surface area contributed by atoms with Gasteiger partial charge in [0.2, 0.25) is 0 Å². The minimum absolute atomic E-state index is 0.0359. The number of halogens is 1. The molecule has 1 atom stereocenters. The number of nitrogens with zero attached hydrogens (tertiary/aromatic N) is 4. The molecule has 1 aliphatic heterocycles. The number of aromatic nitrogens is 3. The molecule has 0 fully saturated rings. The first-order valence-electron chi connectivity index (χ1n) is 7.53. The molecular weight excluding hydrogens is 312 g/mol. The fraction of sp³-hybridized carbons (Fsp3) is 0.235. The summed E-state index contributed by atoms with van der Waals surface area (Å²) in [7, 11) is 0. The van der Waals surface area contributed by atoms with Crippen molar-refractivity contribution in [3.63, 3.8) is 0 Å². The summed E-state index contributed by atoms with van der Waals surface area (Å²) in [5, 5.41) is 4.80. The van der Waals surface area contributed by atoms with Gasteiger partial charge in [0.25, 0.3) is 5.91 Å². The monoisotopic (exact) mass is 326 g/mol. The molecule has 1 aromatic carbocycles. The summed E-state index contributed by atoms with van der Waals surface area (Å²) in [4.78, 5) is 18.9. The number of carbonyl (C=O) groups is 1. The fourth-order valence-electron chi connectivity index (χ4n) is 3.15. The Morgan fingerprint density at radius 1 is 1.35 bits per heavy atom. The second-order valence-corrected chi connectivity index (χ2v) is 6.16. The van der Waals surface area contributed by atoms with Crippen LogP contribution in [0, 0.1) is 0 Å². The van der Waals surface area contributed by atoms with Gasteiger partial charge in [-0.1, -0.05) is 35.9 Å². The number of rotatable bonds is 1. The maximum atomic E-state index is 12.9. The van der Waals surface area contributed by atoms with Gasteiger partial charge in [-0.05, 0) is 24.5 Å². The molecule has 0 saturated carbocycles. The lowest BCUT2D eigenvalue weighted by Crippen LogP contribution is -2.39. The molecule has 4 rings (SSSR count). The van der Waals surface area contributed by atoms with E-state index in [1.807, 2.05) is 17.0 Å². The lowest BCUT2D eigenvalue weighted by molar-refractivity contribution is 0.0671. The molecule has 3 heterocycles. The molecule has 5 nitrogen and oxygen atoms in total. The highest BCUT2D eigenvalue weighted by Gasteiger charge is 2.29. The van der Waals surface area contributed by atoms with Crippen molar-refractivity contribution in [1.82, 2.24) is 19.5 Å². The van der Waals surface area contributed by atoms with Crippen LogP contribution in [0.3, 0.4) is 0 Å². The Labute approximate surface area is 138 Å². The average Bonchev–Trinajstić information content (AvgIpc) is 2.98. The zero-order chi connectivity index (χ0) is 16.0. The van der Waals surface area contributed by atoms with Crippen LogP contribution in [0.2, 0.25) is 5.02 Å². The quantitative estimate of drug-likeness (QED) is 0.690. The second kappa shape index (κ2) is 5.35. The Kier molecular flexibility index (Phi) is 3.31. The van der Waals surface area contributed by atoms with Crippen LogP contribution in [0.25, 0.3) is 5.65 Å². The molecule has 23 heavy (non-hydrogen) atoms. The van der Waals surface area contributed by atoms with E-state index in [1.54, 1.807) is 18.5 Å². The third-order valence-electron chi connectivity index (χ3n) is 4.36. The standard InChI is InChI=1S/C17H15ClN4O/c1-11-14-5-3-2-4-12(14)6-7-21(11)17(23)15-8-16-19-9-13(18)10-22(16)20-15/h2-5,8-11H,6-7H2,1H3/t11-/m1/s1. The third-order valence-corrected chi connectivity index (χ3v) is 4.55. The highest BCUT2D eigenvalue weighted by atomic mass is 35.5. The van der Waals surface area contributed by atoms with Crippen molar-refractivity contribution in [3.05, 3.63) is 64.6 Å². The highest BCUT2D eigenvalue weighted by Crippen LogP contribution is 2.30. The molecule has 0 spiro atoms. The predicted octanol–water partition coefficient (Wildman–Crippen LogP) is 3.14. The van der Waals surface area contributed by atoms with E-state index < -0.39 is 0 Å². The Morgan fingerprint density at radius 3 is 3.04 bits per heavy atom. The first kappa shape index (κ1) is 14.2. The summed E-state index contributed by atoms with van der Waals surface area (Å²) in [6, 6.07) is 10.0. The van der Waals surface area contributed by atoms with E-state index in [0.717, 1.165) is 6.42 Å². The van der Waals surface area contributed by atoms with Gasteiger partial charge in [-0.15, -0.1) is 0 Å². The lowest BCUT2D eigenvalue weighted by Gasteiger charge is -2.34. The van der Waals surface area contributed by atoms with Gasteiger partial charge >= 0.3 is 0 Å². The van der Waals surface area contributed by atoms with Crippen molar-refractivity contribution >= 4 is 23.2 Å². The smallest absolute Gasteiger partial charge is 0.274 e. The highest BCUT2D eigenvalue weighted by molar-refractivity contribution is 6.30. The van der Waals surface area contributed by atoms with Crippen LogP contribution in [-0.4, -0.2) is 31.9 Å². The lowest BCUT2D eigenvalue weighted by atomic mass is 9.93. The average molecular weight is 327 g/mol. The number of benzene rings is 1.